The number of aromatic nitrogens is 2. The molecule has 0 radical (unpaired) electrons. The molecule has 0 aliphatic carbocycles. The van der Waals surface area contributed by atoms with Gasteiger partial charge in [0, 0.05) is 11.4 Å². The summed E-state index contributed by atoms with van der Waals surface area (Å²) in [5.74, 6) is 0.514. The van der Waals surface area contributed by atoms with E-state index in [9.17, 15) is 4.79 Å². The predicted octanol–water partition coefficient (Wildman–Crippen LogP) is 5.33. The molecule has 0 saturated carbocycles. The number of carbonyl (C=O) groups is 1. The second-order valence-corrected chi connectivity index (χ2v) is 7.19. The normalized spacial score (nSPS) is 11.9. The molecule has 1 heterocycles. The lowest BCUT2D eigenvalue weighted by Gasteiger charge is -2.16. The zero-order valence-corrected chi connectivity index (χ0v) is 16.7. The molecule has 5 heteroatoms. The highest BCUT2D eigenvalue weighted by Gasteiger charge is 2.15. The van der Waals surface area contributed by atoms with Crippen molar-refractivity contribution in [2.24, 2.45) is 0 Å². The van der Waals surface area contributed by atoms with Crippen molar-refractivity contribution in [1.29, 1.82) is 0 Å². The smallest absolute Gasteiger partial charge is 0.274 e. The van der Waals surface area contributed by atoms with E-state index in [1.807, 2.05) is 68.4 Å². The number of para-hydroxylation sites is 1. The first kappa shape index (κ1) is 19.5. The lowest BCUT2D eigenvalue weighted by molar-refractivity contribution is 0.102. The van der Waals surface area contributed by atoms with Crippen molar-refractivity contribution in [3.05, 3.63) is 83.2 Å². The number of hydrogen-bond acceptors (Lipinski definition) is 4. The molecule has 1 aromatic heterocycles. The maximum absolute atomic E-state index is 12.8. The fraction of sp³-hybridized carbons (Fsp3) is 0.261. The van der Waals surface area contributed by atoms with Gasteiger partial charge in [0.2, 0.25) is 5.95 Å². The molecule has 0 spiro atoms. The van der Waals surface area contributed by atoms with Crippen molar-refractivity contribution in [2.45, 2.75) is 39.7 Å². The van der Waals surface area contributed by atoms with E-state index in [4.69, 9.17) is 0 Å². The van der Waals surface area contributed by atoms with Gasteiger partial charge in [0.05, 0.1) is 6.04 Å². The van der Waals surface area contributed by atoms with Gasteiger partial charge in [0.15, 0.2) is 0 Å². The second kappa shape index (κ2) is 8.65. The molecule has 0 saturated heterocycles. The van der Waals surface area contributed by atoms with Crippen LogP contribution in [0.1, 0.15) is 60.0 Å². The number of nitrogens with one attached hydrogen (secondary N) is 2. The van der Waals surface area contributed by atoms with Crippen LogP contribution in [-0.4, -0.2) is 15.9 Å². The molecule has 3 aromatic rings. The van der Waals surface area contributed by atoms with E-state index in [2.05, 4.69) is 34.4 Å². The third kappa shape index (κ3) is 4.74. The molecule has 2 aromatic carbocycles. The summed E-state index contributed by atoms with van der Waals surface area (Å²) in [7, 11) is 0. The molecule has 3 rings (SSSR count). The van der Waals surface area contributed by atoms with E-state index in [0.29, 0.717) is 17.6 Å². The number of hydrogen-bond donors (Lipinski definition) is 2. The Morgan fingerprint density at radius 1 is 0.929 bits per heavy atom. The van der Waals surface area contributed by atoms with Crippen LogP contribution < -0.4 is 10.6 Å². The number of nitrogens with zero attached hydrogens (tertiary/aromatic N) is 2. The molecule has 1 amide bonds. The monoisotopic (exact) mass is 374 g/mol. The Kier molecular flexibility index (Phi) is 6.04. The zero-order chi connectivity index (χ0) is 20.1. The Hall–Kier alpha value is -3.21. The molecule has 28 heavy (non-hydrogen) atoms. The van der Waals surface area contributed by atoms with E-state index in [1.54, 1.807) is 6.07 Å². The van der Waals surface area contributed by atoms with E-state index >= 15 is 0 Å². The molecule has 0 fully saturated rings. The summed E-state index contributed by atoms with van der Waals surface area (Å²) in [6, 6.07) is 19.6. The van der Waals surface area contributed by atoms with Crippen LogP contribution in [0.25, 0.3) is 0 Å². The quantitative estimate of drug-likeness (QED) is 0.612. The zero-order valence-electron chi connectivity index (χ0n) is 16.7. The highest BCUT2D eigenvalue weighted by molar-refractivity contribution is 6.03. The Morgan fingerprint density at radius 3 is 2.32 bits per heavy atom. The van der Waals surface area contributed by atoms with Crippen molar-refractivity contribution >= 4 is 17.5 Å². The maximum Gasteiger partial charge on any atom is 0.274 e. The molecule has 1 atom stereocenters. The molecule has 0 bridgehead atoms. The molecule has 144 valence electrons. The minimum Gasteiger partial charge on any atom is -0.348 e. The van der Waals surface area contributed by atoms with Crippen LogP contribution in [0.3, 0.4) is 0 Å². The van der Waals surface area contributed by atoms with Crippen LogP contribution in [0.5, 0.6) is 0 Å². The van der Waals surface area contributed by atoms with Crippen molar-refractivity contribution in [1.82, 2.24) is 9.97 Å². The minimum atomic E-state index is -0.242. The standard InChI is InChI=1S/C23H26N4O/c1-15(2)19-12-8-9-13-20(19)26-22(28)21-14-16(3)24-23(27-21)25-17(4)18-10-6-5-7-11-18/h5-15,17H,1-4H3,(H,26,28)(H,24,25,27). The van der Waals surface area contributed by atoms with E-state index in [0.717, 1.165) is 22.5 Å². The number of amides is 1. The molecule has 1 unspecified atom stereocenters. The minimum absolute atomic E-state index is 0.0283. The summed E-state index contributed by atoms with van der Waals surface area (Å²) in [5, 5.41) is 6.28. The Bertz CT molecular complexity index is 954. The lowest BCUT2D eigenvalue weighted by atomic mass is 10.0. The predicted molar refractivity (Wildman–Crippen MR) is 114 cm³/mol. The van der Waals surface area contributed by atoms with Crippen LogP contribution in [0, 0.1) is 6.92 Å². The molecule has 2 N–H and O–H groups in total. The summed E-state index contributed by atoms with van der Waals surface area (Å²) in [5.41, 5.74) is 4.11. The van der Waals surface area contributed by atoms with Crippen LogP contribution in [-0.2, 0) is 0 Å². The SMILES string of the molecule is Cc1cc(C(=O)Nc2ccccc2C(C)C)nc(NC(C)c2ccccc2)n1. The van der Waals surface area contributed by atoms with Gasteiger partial charge in [-0.2, -0.15) is 0 Å². The summed E-state index contributed by atoms with van der Waals surface area (Å²) >= 11 is 0. The third-order valence-electron chi connectivity index (χ3n) is 4.56. The van der Waals surface area contributed by atoms with Crippen molar-refractivity contribution < 1.29 is 4.79 Å². The first-order chi connectivity index (χ1) is 13.4. The fourth-order valence-electron chi connectivity index (χ4n) is 3.07. The van der Waals surface area contributed by atoms with E-state index in [1.165, 1.54) is 0 Å². The number of benzene rings is 2. The van der Waals surface area contributed by atoms with Gasteiger partial charge in [0.25, 0.3) is 5.91 Å². The largest absolute Gasteiger partial charge is 0.348 e. The van der Waals surface area contributed by atoms with Gasteiger partial charge in [-0.3, -0.25) is 4.79 Å². The lowest BCUT2D eigenvalue weighted by Crippen LogP contribution is -2.18. The van der Waals surface area contributed by atoms with Gasteiger partial charge in [0.1, 0.15) is 5.69 Å². The van der Waals surface area contributed by atoms with Gasteiger partial charge in [-0.25, -0.2) is 9.97 Å². The second-order valence-electron chi connectivity index (χ2n) is 7.19. The van der Waals surface area contributed by atoms with E-state index < -0.39 is 0 Å². The van der Waals surface area contributed by atoms with Crippen molar-refractivity contribution in [2.75, 3.05) is 10.6 Å². The summed E-state index contributed by atoms with van der Waals surface area (Å²) in [6.07, 6.45) is 0. The molecular formula is C23H26N4O. The fourth-order valence-corrected chi connectivity index (χ4v) is 3.07. The van der Waals surface area contributed by atoms with Gasteiger partial charge < -0.3 is 10.6 Å². The average molecular weight is 374 g/mol. The number of carbonyl (C=O) groups excluding carboxylic acids is 1. The van der Waals surface area contributed by atoms with Crippen LogP contribution >= 0.6 is 0 Å². The van der Waals surface area contributed by atoms with Gasteiger partial charge in [-0.15, -0.1) is 0 Å². The first-order valence-electron chi connectivity index (χ1n) is 9.51. The molecule has 0 aliphatic rings. The number of rotatable bonds is 6. The Labute approximate surface area is 166 Å². The van der Waals surface area contributed by atoms with Gasteiger partial charge in [-0.1, -0.05) is 62.4 Å². The number of aryl methyl sites for hydroxylation is 1. The molecule has 0 aliphatic heterocycles. The van der Waals surface area contributed by atoms with Crippen molar-refractivity contribution in [3.8, 4) is 0 Å². The summed E-state index contributed by atoms with van der Waals surface area (Å²) < 4.78 is 0. The highest BCUT2D eigenvalue weighted by Crippen LogP contribution is 2.24. The maximum atomic E-state index is 12.8. The van der Waals surface area contributed by atoms with Crippen molar-refractivity contribution in [3.63, 3.8) is 0 Å². The Morgan fingerprint density at radius 2 is 1.61 bits per heavy atom. The topological polar surface area (TPSA) is 66.9 Å². The third-order valence-corrected chi connectivity index (χ3v) is 4.56. The highest BCUT2D eigenvalue weighted by atomic mass is 16.1. The molecular weight excluding hydrogens is 348 g/mol. The molecule has 5 nitrogen and oxygen atoms in total. The van der Waals surface area contributed by atoms with E-state index in [-0.39, 0.29) is 11.9 Å². The van der Waals surface area contributed by atoms with Gasteiger partial charge >= 0.3 is 0 Å². The van der Waals surface area contributed by atoms with Crippen LogP contribution in [0.2, 0.25) is 0 Å². The van der Waals surface area contributed by atoms with Crippen LogP contribution in [0.15, 0.2) is 60.7 Å². The number of anilines is 2. The van der Waals surface area contributed by atoms with Crippen LogP contribution in [0.4, 0.5) is 11.6 Å². The summed E-state index contributed by atoms with van der Waals surface area (Å²) in [4.78, 5) is 21.7. The Balaban J connectivity index is 1.80. The summed E-state index contributed by atoms with van der Waals surface area (Å²) in [6.45, 7) is 8.11. The average Bonchev–Trinajstić information content (AvgIpc) is 2.68. The van der Waals surface area contributed by atoms with Gasteiger partial charge in [-0.05, 0) is 43.0 Å². The first-order valence-corrected chi connectivity index (χ1v) is 9.51.